The summed E-state index contributed by atoms with van der Waals surface area (Å²) in [5.41, 5.74) is 0.937. The van der Waals surface area contributed by atoms with Gasteiger partial charge in [-0.1, -0.05) is 6.08 Å². The van der Waals surface area contributed by atoms with Crippen molar-refractivity contribution in [2.75, 3.05) is 5.32 Å². The van der Waals surface area contributed by atoms with Gasteiger partial charge in [-0.05, 0) is 13.3 Å². The molecule has 4 nitrogen and oxygen atoms in total. The molecule has 0 aliphatic carbocycles. The van der Waals surface area contributed by atoms with Crippen molar-refractivity contribution in [2.24, 2.45) is 0 Å². The normalized spacial score (nSPS) is 9.62. The fourth-order valence-corrected chi connectivity index (χ4v) is 0.908. The zero-order valence-electron chi connectivity index (χ0n) is 7.63. The Balaban J connectivity index is 2.45. The third-order valence-corrected chi connectivity index (χ3v) is 1.67. The second-order valence-corrected chi connectivity index (χ2v) is 2.80. The van der Waals surface area contributed by atoms with Crippen molar-refractivity contribution >= 4 is 11.7 Å². The van der Waals surface area contributed by atoms with Crippen LogP contribution in [0.3, 0.4) is 0 Å². The second-order valence-electron chi connectivity index (χ2n) is 2.80. The number of nitrogens with one attached hydrogen (secondary N) is 2. The van der Waals surface area contributed by atoms with Gasteiger partial charge in [-0.15, -0.1) is 6.58 Å². The molecule has 0 unspecified atom stereocenters. The molecule has 1 rings (SSSR count). The summed E-state index contributed by atoms with van der Waals surface area (Å²) in [6.07, 6.45) is 4.55. The monoisotopic (exact) mass is 179 g/mol. The first-order valence-electron chi connectivity index (χ1n) is 4.14. The number of carbonyl (C=O) groups excluding carboxylic acids is 1. The number of aromatic nitrogens is 2. The van der Waals surface area contributed by atoms with E-state index in [0.29, 0.717) is 18.7 Å². The number of carbonyl (C=O) groups is 1. The van der Waals surface area contributed by atoms with Crippen LogP contribution in [0.1, 0.15) is 18.4 Å². The molecule has 2 N–H and O–H groups in total. The number of amides is 1. The van der Waals surface area contributed by atoms with Crippen LogP contribution in [-0.2, 0) is 4.79 Å². The van der Waals surface area contributed by atoms with Crippen LogP contribution >= 0.6 is 0 Å². The van der Waals surface area contributed by atoms with E-state index in [9.17, 15) is 4.79 Å². The molecule has 1 aromatic rings. The highest BCUT2D eigenvalue weighted by molar-refractivity contribution is 5.90. The predicted octanol–water partition coefficient (Wildman–Crippen LogP) is 1.62. The van der Waals surface area contributed by atoms with Gasteiger partial charge < -0.3 is 5.32 Å². The summed E-state index contributed by atoms with van der Waals surface area (Å²) in [6, 6.07) is 0. The van der Waals surface area contributed by atoms with Gasteiger partial charge in [0.1, 0.15) is 5.82 Å². The highest BCUT2D eigenvalue weighted by Crippen LogP contribution is 2.08. The van der Waals surface area contributed by atoms with E-state index < -0.39 is 0 Å². The molecule has 0 aromatic carbocycles. The number of anilines is 1. The molecule has 0 aliphatic heterocycles. The van der Waals surface area contributed by atoms with Gasteiger partial charge in [-0.3, -0.25) is 9.89 Å². The molecule has 1 heterocycles. The Morgan fingerprint density at radius 1 is 1.85 bits per heavy atom. The number of H-pyrrole nitrogens is 1. The van der Waals surface area contributed by atoms with Crippen LogP contribution < -0.4 is 5.32 Å². The van der Waals surface area contributed by atoms with Gasteiger partial charge in [0.05, 0.1) is 6.20 Å². The minimum atomic E-state index is -0.0211. The van der Waals surface area contributed by atoms with Crippen LogP contribution in [0.25, 0.3) is 0 Å². The van der Waals surface area contributed by atoms with Crippen LogP contribution in [0.4, 0.5) is 5.82 Å². The zero-order chi connectivity index (χ0) is 9.68. The maximum Gasteiger partial charge on any atom is 0.225 e. The number of rotatable bonds is 4. The fraction of sp³-hybridized carbons (Fsp3) is 0.333. The molecule has 1 aromatic heterocycles. The molecular formula is C9H13N3O. The van der Waals surface area contributed by atoms with Crippen LogP contribution in [-0.4, -0.2) is 16.1 Å². The summed E-state index contributed by atoms with van der Waals surface area (Å²) in [4.78, 5) is 11.2. The average Bonchev–Trinajstić information content (AvgIpc) is 2.48. The first-order valence-corrected chi connectivity index (χ1v) is 4.14. The fourth-order valence-electron chi connectivity index (χ4n) is 0.908. The van der Waals surface area contributed by atoms with E-state index in [1.165, 1.54) is 0 Å². The Morgan fingerprint density at radius 2 is 2.62 bits per heavy atom. The van der Waals surface area contributed by atoms with E-state index in [1.807, 2.05) is 6.92 Å². The third kappa shape index (κ3) is 2.74. The number of hydrogen-bond acceptors (Lipinski definition) is 2. The predicted molar refractivity (Wildman–Crippen MR) is 51.4 cm³/mol. The molecule has 0 spiro atoms. The maximum atomic E-state index is 11.2. The Labute approximate surface area is 77.0 Å². The Bertz CT molecular complexity index is 304. The molecule has 13 heavy (non-hydrogen) atoms. The summed E-state index contributed by atoms with van der Waals surface area (Å²) in [6.45, 7) is 5.43. The number of allylic oxidation sites excluding steroid dienone is 1. The molecule has 1 amide bonds. The Morgan fingerprint density at radius 3 is 3.15 bits per heavy atom. The second kappa shape index (κ2) is 4.45. The van der Waals surface area contributed by atoms with E-state index in [4.69, 9.17) is 0 Å². The molecule has 0 aliphatic rings. The van der Waals surface area contributed by atoms with Crippen molar-refractivity contribution in [2.45, 2.75) is 19.8 Å². The van der Waals surface area contributed by atoms with Crippen molar-refractivity contribution in [3.05, 3.63) is 24.4 Å². The van der Waals surface area contributed by atoms with Crippen LogP contribution in [0.15, 0.2) is 18.9 Å². The maximum absolute atomic E-state index is 11.2. The van der Waals surface area contributed by atoms with Crippen molar-refractivity contribution in [1.82, 2.24) is 10.2 Å². The number of hydrogen-bond donors (Lipinski definition) is 2. The molecule has 0 bridgehead atoms. The topological polar surface area (TPSA) is 57.8 Å². The van der Waals surface area contributed by atoms with E-state index in [2.05, 4.69) is 22.1 Å². The first-order chi connectivity index (χ1) is 6.24. The van der Waals surface area contributed by atoms with Crippen molar-refractivity contribution in [1.29, 1.82) is 0 Å². The van der Waals surface area contributed by atoms with Gasteiger partial charge in [0.15, 0.2) is 0 Å². The Hall–Kier alpha value is -1.58. The SMILES string of the molecule is C=CCCC(=O)Nc1[nH]ncc1C. The van der Waals surface area contributed by atoms with Crippen LogP contribution in [0, 0.1) is 6.92 Å². The molecule has 0 atom stereocenters. The molecule has 4 heteroatoms. The summed E-state index contributed by atoms with van der Waals surface area (Å²) in [5.74, 6) is 0.654. The highest BCUT2D eigenvalue weighted by Gasteiger charge is 2.04. The highest BCUT2D eigenvalue weighted by atomic mass is 16.1. The van der Waals surface area contributed by atoms with Crippen LogP contribution in [0.5, 0.6) is 0 Å². The number of aryl methyl sites for hydroxylation is 1. The summed E-state index contributed by atoms with van der Waals surface area (Å²) >= 11 is 0. The average molecular weight is 179 g/mol. The molecule has 0 saturated heterocycles. The lowest BCUT2D eigenvalue weighted by atomic mass is 10.3. The van der Waals surface area contributed by atoms with Gasteiger partial charge in [0.2, 0.25) is 5.91 Å². The first kappa shape index (κ1) is 9.51. The zero-order valence-corrected chi connectivity index (χ0v) is 7.63. The third-order valence-electron chi connectivity index (χ3n) is 1.67. The molecule has 0 radical (unpaired) electrons. The van der Waals surface area contributed by atoms with E-state index >= 15 is 0 Å². The van der Waals surface area contributed by atoms with E-state index in [-0.39, 0.29) is 5.91 Å². The van der Waals surface area contributed by atoms with Crippen molar-refractivity contribution in [3.8, 4) is 0 Å². The van der Waals surface area contributed by atoms with Crippen molar-refractivity contribution in [3.63, 3.8) is 0 Å². The quantitative estimate of drug-likeness (QED) is 0.690. The smallest absolute Gasteiger partial charge is 0.225 e. The van der Waals surface area contributed by atoms with Crippen molar-refractivity contribution < 1.29 is 4.79 Å². The van der Waals surface area contributed by atoms with Gasteiger partial charge >= 0.3 is 0 Å². The van der Waals surface area contributed by atoms with Gasteiger partial charge in [-0.25, -0.2) is 0 Å². The summed E-state index contributed by atoms with van der Waals surface area (Å²) in [5, 5.41) is 9.22. The van der Waals surface area contributed by atoms with Gasteiger partial charge in [0, 0.05) is 12.0 Å². The lowest BCUT2D eigenvalue weighted by molar-refractivity contribution is -0.116. The summed E-state index contributed by atoms with van der Waals surface area (Å²) < 4.78 is 0. The van der Waals surface area contributed by atoms with Gasteiger partial charge in [-0.2, -0.15) is 5.10 Å². The molecular weight excluding hydrogens is 166 g/mol. The number of nitrogens with zero attached hydrogens (tertiary/aromatic N) is 1. The summed E-state index contributed by atoms with van der Waals surface area (Å²) in [7, 11) is 0. The lowest BCUT2D eigenvalue weighted by Crippen LogP contribution is -2.11. The van der Waals surface area contributed by atoms with Gasteiger partial charge in [0.25, 0.3) is 0 Å². The lowest BCUT2D eigenvalue weighted by Gasteiger charge is -2.01. The Kier molecular flexibility index (Phi) is 3.25. The van der Waals surface area contributed by atoms with E-state index in [0.717, 1.165) is 5.56 Å². The molecule has 0 saturated carbocycles. The molecule has 0 fully saturated rings. The molecule has 70 valence electrons. The largest absolute Gasteiger partial charge is 0.311 e. The number of aromatic amines is 1. The minimum Gasteiger partial charge on any atom is -0.311 e. The van der Waals surface area contributed by atoms with E-state index in [1.54, 1.807) is 12.3 Å². The standard InChI is InChI=1S/C9H13N3O/c1-3-4-5-8(13)11-9-7(2)6-10-12-9/h3,6H,1,4-5H2,2H3,(H2,10,11,12,13). The van der Waals surface area contributed by atoms with Crippen LogP contribution in [0.2, 0.25) is 0 Å². The minimum absolute atomic E-state index is 0.0211.